The maximum atomic E-state index is 5.35. The summed E-state index contributed by atoms with van der Waals surface area (Å²) >= 11 is 0. The molecular formula is C15H25N3O2. The second-order valence-electron chi connectivity index (χ2n) is 5.00. The highest BCUT2D eigenvalue weighted by Gasteiger charge is 2.14. The summed E-state index contributed by atoms with van der Waals surface area (Å²) in [6.07, 6.45) is 6.43. The second-order valence-corrected chi connectivity index (χ2v) is 5.00. The van der Waals surface area contributed by atoms with E-state index >= 15 is 0 Å². The molecule has 0 atom stereocenters. The Morgan fingerprint density at radius 1 is 1.40 bits per heavy atom. The monoisotopic (exact) mass is 279 g/mol. The molecule has 0 aromatic carbocycles. The summed E-state index contributed by atoms with van der Waals surface area (Å²) in [5, 5.41) is 3.45. The van der Waals surface area contributed by atoms with Crippen LogP contribution in [0.5, 0.6) is 0 Å². The number of aliphatic imine (C=N–C) groups is 1. The third-order valence-electron chi connectivity index (χ3n) is 3.45. The first-order chi connectivity index (χ1) is 9.90. The first kappa shape index (κ1) is 14.9. The normalized spacial score (nSPS) is 16.4. The first-order valence-corrected chi connectivity index (χ1v) is 7.45. The molecule has 20 heavy (non-hydrogen) atoms. The molecule has 2 heterocycles. The average molecular weight is 279 g/mol. The van der Waals surface area contributed by atoms with Gasteiger partial charge in [-0.05, 0) is 31.4 Å². The maximum Gasteiger partial charge on any atom is 0.194 e. The van der Waals surface area contributed by atoms with E-state index in [-0.39, 0.29) is 0 Å². The van der Waals surface area contributed by atoms with Crippen molar-refractivity contribution in [3.05, 3.63) is 24.2 Å². The number of furan rings is 1. The highest BCUT2D eigenvalue weighted by Crippen LogP contribution is 2.09. The molecule has 2 rings (SSSR count). The Morgan fingerprint density at radius 2 is 2.25 bits per heavy atom. The van der Waals surface area contributed by atoms with Gasteiger partial charge in [-0.2, -0.15) is 0 Å². The minimum absolute atomic E-state index is 0.664. The van der Waals surface area contributed by atoms with Gasteiger partial charge in [-0.15, -0.1) is 0 Å². The van der Waals surface area contributed by atoms with Crippen molar-refractivity contribution < 1.29 is 9.15 Å². The molecule has 1 N–H and O–H groups in total. The van der Waals surface area contributed by atoms with Gasteiger partial charge in [0.2, 0.25) is 0 Å². The first-order valence-electron chi connectivity index (χ1n) is 7.45. The van der Waals surface area contributed by atoms with E-state index in [1.807, 2.05) is 12.1 Å². The van der Waals surface area contributed by atoms with Gasteiger partial charge in [-0.3, -0.25) is 4.99 Å². The predicted molar refractivity (Wildman–Crippen MR) is 80.0 cm³/mol. The number of ether oxygens (including phenoxy) is 1. The number of rotatable bonds is 6. The van der Waals surface area contributed by atoms with Crippen LogP contribution in [0.15, 0.2) is 27.8 Å². The molecule has 0 amide bonds. The molecule has 1 saturated heterocycles. The lowest BCUT2D eigenvalue weighted by Gasteiger charge is -2.30. The molecule has 5 nitrogen and oxygen atoms in total. The fourth-order valence-electron chi connectivity index (χ4n) is 2.37. The standard InChI is InChI=1S/C15H25N3O2/c1-19-13-9-17-15(18-10-3-2-4-11-18)16-8-7-14-6-5-12-20-14/h5-6,12H,2-4,7-11,13H2,1H3,(H,16,17). The van der Waals surface area contributed by atoms with Gasteiger partial charge in [0.25, 0.3) is 0 Å². The molecule has 0 radical (unpaired) electrons. The van der Waals surface area contributed by atoms with Gasteiger partial charge in [0.05, 0.1) is 19.4 Å². The average Bonchev–Trinajstić information content (AvgIpc) is 3.00. The van der Waals surface area contributed by atoms with Crippen LogP contribution in [0.3, 0.4) is 0 Å². The van der Waals surface area contributed by atoms with Gasteiger partial charge in [0, 0.05) is 33.2 Å². The second kappa shape index (κ2) is 8.64. The topological polar surface area (TPSA) is 50.0 Å². The Hall–Kier alpha value is -1.49. The summed E-state index contributed by atoms with van der Waals surface area (Å²) in [4.78, 5) is 6.98. The van der Waals surface area contributed by atoms with E-state index in [1.54, 1.807) is 13.4 Å². The van der Waals surface area contributed by atoms with Crippen LogP contribution in [0.2, 0.25) is 0 Å². The molecule has 1 aromatic heterocycles. The fourth-order valence-corrected chi connectivity index (χ4v) is 2.37. The van der Waals surface area contributed by atoms with E-state index in [4.69, 9.17) is 9.15 Å². The zero-order valence-electron chi connectivity index (χ0n) is 12.3. The predicted octanol–water partition coefficient (Wildman–Crippen LogP) is 1.90. The van der Waals surface area contributed by atoms with Gasteiger partial charge in [-0.1, -0.05) is 0 Å². The molecule has 1 aliphatic heterocycles. The highest BCUT2D eigenvalue weighted by molar-refractivity contribution is 5.80. The van der Waals surface area contributed by atoms with Crippen LogP contribution in [0, 0.1) is 0 Å². The van der Waals surface area contributed by atoms with Crippen LogP contribution in [0.1, 0.15) is 25.0 Å². The van der Waals surface area contributed by atoms with Crippen molar-refractivity contribution in [3.8, 4) is 0 Å². The minimum Gasteiger partial charge on any atom is -0.469 e. The third-order valence-corrected chi connectivity index (χ3v) is 3.45. The number of guanidine groups is 1. The summed E-state index contributed by atoms with van der Waals surface area (Å²) in [5.74, 6) is 2.01. The van der Waals surface area contributed by atoms with E-state index in [2.05, 4.69) is 15.2 Å². The van der Waals surface area contributed by atoms with Crippen LogP contribution in [-0.4, -0.2) is 50.8 Å². The van der Waals surface area contributed by atoms with Gasteiger partial charge in [0.1, 0.15) is 5.76 Å². The number of piperidine rings is 1. The van der Waals surface area contributed by atoms with Crippen LogP contribution < -0.4 is 5.32 Å². The number of methoxy groups -OCH3 is 1. The zero-order valence-corrected chi connectivity index (χ0v) is 12.3. The number of nitrogens with one attached hydrogen (secondary N) is 1. The Kier molecular flexibility index (Phi) is 6.44. The van der Waals surface area contributed by atoms with E-state index in [9.17, 15) is 0 Å². The van der Waals surface area contributed by atoms with Crippen molar-refractivity contribution >= 4 is 5.96 Å². The highest BCUT2D eigenvalue weighted by atomic mass is 16.5. The van der Waals surface area contributed by atoms with Gasteiger partial charge in [-0.25, -0.2) is 0 Å². The molecule has 0 aliphatic carbocycles. The smallest absolute Gasteiger partial charge is 0.194 e. The lowest BCUT2D eigenvalue weighted by Crippen LogP contribution is -2.45. The van der Waals surface area contributed by atoms with Crippen molar-refractivity contribution in [2.24, 2.45) is 4.99 Å². The molecule has 1 aliphatic rings. The van der Waals surface area contributed by atoms with E-state index in [0.717, 1.165) is 37.8 Å². The lowest BCUT2D eigenvalue weighted by atomic mass is 10.1. The van der Waals surface area contributed by atoms with Crippen LogP contribution >= 0.6 is 0 Å². The number of hydrogen-bond donors (Lipinski definition) is 1. The van der Waals surface area contributed by atoms with Crippen molar-refractivity contribution in [1.29, 1.82) is 0 Å². The third kappa shape index (κ3) is 4.89. The number of hydrogen-bond acceptors (Lipinski definition) is 3. The van der Waals surface area contributed by atoms with Crippen molar-refractivity contribution in [3.63, 3.8) is 0 Å². The summed E-state index contributed by atoms with van der Waals surface area (Å²) < 4.78 is 10.4. The lowest BCUT2D eigenvalue weighted by molar-refractivity contribution is 0.207. The summed E-state index contributed by atoms with van der Waals surface area (Å²) in [6, 6.07) is 3.93. The SMILES string of the molecule is COCCN=C(NCCc1ccco1)N1CCCCC1. The van der Waals surface area contributed by atoms with Crippen molar-refractivity contribution in [2.75, 3.05) is 39.9 Å². The van der Waals surface area contributed by atoms with E-state index in [1.165, 1.54) is 19.3 Å². The van der Waals surface area contributed by atoms with Crippen LogP contribution in [0.25, 0.3) is 0 Å². The summed E-state index contributed by atoms with van der Waals surface area (Å²) in [6.45, 7) is 4.41. The molecule has 1 aromatic rings. The summed E-state index contributed by atoms with van der Waals surface area (Å²) in [7, 11) is 1.71. The van der Waals surface area contributed by atoms with Crippen molar-refractivity contribution in [1.82, 2.24) is 10.2 Å². The summed E-state index contributed by atoms with van der Waals surface area (Å²) in [5.41, 5.74) is 0. The molecule has 112 valence electrons. The van der Waals surface area contributed by atoms with Gasteiger partial charge < -0.3 is 19.4 Å². The van der Waals surface area contributed by atoms with Crippen LogP contribution in [0.4, 0.5) is 0 Å². The largest absolute Gasteiger partial charge is 0.469 e. The van der Waals surface area contributed by atoms with E-state index < -0.39 is 0 Å². The van der Waals surface area contributed by atoms with Gasteiger partial charge in [0.15, 0.2) is 5.96 Å². The Morgan fingerprint density at radius 3 is 2.95 bits per heavy atom. The Labute approximate surface area is 121 Å². The van der Waals surface area contributed by atoms with Crippen LogP contribution in [-0.2, 0) is 11.2 Å². The zero-order chi connectivity index (χ0) is 14.0. The molecule has 0 unspecified atom stereocenters. The minimum atomic E-state index is 0.664. The number of nitrogens with zero attached hydrogens (tertiary/aromatic N) is 2. The molecule has 0 bridgehead atoms. The van der Waals surface area contributed by atoms with Gasteiger partial charge >= 0.3 is 0 Å². The molecule has 1 fully saturated rings. The molecular weight excluding hydrogens is 254 g/mol. The fraction of sp³-hybridized carbons (Fsp3) is 0.667. The molecule has 0 saturated carbocycles. The quantitative estimate of drug-likeness (QED) is 0.491. The number of likely N-dealkylation sites (tertiary alicyclic amines) is 1. The molecule has 5 heteroatoms. The molecule has 0 spiro atoms. The van der Waals surface area contributed by atoms with Crippen molar-refractivity contribution in [2.45, 2.75) is 25.7 Å². The Balaban J connectivity index is 1.82. The maximum absolute atomic E-state index is 5.35. The van der Waals surface area contributed by atoms with E-state index in [0.29, 0.717) is 13.2 Å². The Bertz CT molecular complexity index is 384.